The average Bonchev–Trinajstić information content (AvgIpc) is 2.42. The maximum Gasteiger partial charge on any atom is -0.0276 e. The fraction of sp³-hybridized carbons (Fsp3) is 0.667. The van der Waals surface area contributed by atoms with Crippen LogP contribution in [0.3, 0.4) is 0 Å². The van der Waals surface area contributed by atoms with Crippen LogP contribution in [0, 0.1) is 0 Å². The minimum absolute atomic E-state index is 1.17. The SMILES string of the molecule is CCCCCCCCc1cccc(CC)c1CC. The van der Waals surface area contributed by atoms with Crippen LogP contribution in [0.4, 0.5) is 0 Å². The second kappa shape index (κ2) is 9.19. The van der Waals surface area contributed by atoms with Gasteiger partial charge in [0.05, 0.1) is 0 Å². The fourth-order valence-electron chi connectivity index (χ4n) is 2.80. The molecule has 0 N–H and O–H groups in total. The summed E-state index contributed by atoms with van der Waals surface area (Å²) in [7, 11) is 0. The summed E-state index contributed by atoms with van der Waals surface area (Å²) in [5.41, 5.74) is 4.78. The Morgan fingerprint density at radius 2 is 1.39 bits per heavy atom. The first-order valence-corrected chi connectivity index (χ1v) is 7.93. The van der Waals surface area contributed by atoms with Crippen molar-refractivity contribution in [3.63, 3.8) is 0 Å². The highest BCUT2D eigenvalue weighted by molar-refractivity contribution is 5.35. The lowest BCUT2D eigenvalue weighted by atomic mass is 9.93. The zero-order valence-corrected chi connectivity index (χ0v) is 12.6. The third kappa shape index (κ3) is 4.84. The molecule has 0 saturated carbocycles. The Kier molecular flexibility index (Phi) is 7.80. The molecule has 102 valence electrons. The summed E-state index contributed by atoms with van der Waals surface area (Å²) in [5, 5.41) is 0. The van der Waals surface area contributed by atoms with E-state index in [1.54, 1.807) is 16.7 Å². The smallest absolute Gasteiger partial charge is 0.0276 e. The summed E-state index contributed by atoms with van der Waals surface area (Å²) in [5.74, 6) is 0. The molecule has 0 spiro atoms. The van der Waals surface area contributed by atoms with E-state index in [2.05, 4.69) is 39.0 Å². The lowest BCUT2D eigenvalue weighted by Crippen LogP contribution is -1.98. The molecule has 0 aromatic heterocycles. The number of aryl methyl sites for hydroxylation is 2. The van der Waals surface area contributed by atoms with Crippen LogP contribution in [-0.4, -0.2) is 0 Å². The van der Waals surface area contributed by atoms with Crippen LogP contribution in [-0.2, 0) is 19.3 Å². The molecule has 0 amide bonds. The van der Waals surface area contributed by atoms with Gasteiger partial charge in [-0.2, -0.15) is 0 Å². The number of hydrogen-bond acceptors (Lipinski definition) is 0. The molecule has 18 heavy (non-hydrogen) atoms. The molecule has 1 rings (SSSR count). The quantitative estimate of drug-likeness (QED) is 0.489. The minimum Gasteiger partial charge on any atom is -0.0654 e. The van der Waals surface area contributed by atoms with E-state index in [1.165, 1.54) is 57.8 Å². The van der Waals surface area contributed by atoms with Gasteiger partial charge in [0.2, 0.25) is 0 Å². The lowest BCUT2D eigenvalue weighted by Gasteiger charge is -2.12. The Morgan fingerprint density at radius 3 is 2.06 bits per heavy atom. The molecular weight excluding hydrogens is 216 g/mol. The van der Waals surface area contributed by atoms with E-state index in [-0.39, 0.29) is 0 Å². The van der Waals surface area contributed by atoms with Gasteiger partial charge < -0.3 is 0 Å². The van der Waals surface area contributed by atoms with Crippen LogP contribution in [0.1, 0.15) is 76.0 Å². The van der Waals surface area contributed by atoms with Crippen LogP contribution in [0.25, 0.3) is 0 Å². The summed E-state index contributed by atoms with van der Waals surface area (Å²) in [6, 6.07) is 6.87. The summed E-state index contributed by atoms with van der Waals surface area (Å²) in [6.07, 6.45) is 12.0. The van der Waals surface area contributed by atoms with E-state index >= 15 is 0 Å². The van der Waals surface area contributed by atoms with Gasteiger partial charge in [0.25, 0.3) is 0 Å². The highest BCUT2D eigenvalue weighted by Crippen LogP contribution is 2.19. The van der Waals surface area contributed by atoms with E-state index < -0.39 is 0 Å². The van der Waals surface area contributed by atoms with E-state index in [1.807, 2.05) is 0 Å². The first-order valence-electron chi connectivity index (χ1n) is 7.93. The van der Waals surface area contributed by atoms with Crippen molar-refractivity contribution in [2.45, 2.75) is 78.6 Å². The van der Waals surface area contributed by atoms with Crippen LogP contribution >= 0.6 is 0 Å². The Balaban J connectivity index is 2.41. The second-order valence-corrected chi connectivity index (χ2v) is 5.28. The van der Waals surface area contributed by atoms with Crippen molar-refractivity contribution in [3.05, 3.63) is 34.9 Å². The topological polar surface area (TPSA) is 0 Å². The molecule has 1 aromatic rings. The summed E-state index contributed by atoms with van der Waals surface area (Å²) in [6.45, 7) is 6.84. The molecule has 1 aromatic carbocycles. The van der Waals surface area contributed by atoms with Crippen molar-refractivity contribution in [2.24, 2.45) is 0 Å². The van der Waals surface area contributed by atoms with Gasteiger partial charge in [-0.1, -0.05) is 71.1 Å². The molecule has 0 bridgehead atoms. The minimum atomic E-state index is 1.17. The average molecular weight is 246 g/mol. The van der Waals surface area contributed by atoms with Gasteiger partial charge in [0, 0.05) is 0 Å². The largest absolute Gasteiger partial charge is 0.0654 e. The van der Waals surface area contributed by atoms with Gasteiger partial charge in [-0.3, -0.25) is 0 Å². The highest BCUT2D eigenvalue weighted by atomic mass is 14.1. The molecule has 0 heteroatoms. The van der Waals surface area contributed by atoms with E-state index in [4.69, 9.17) is 0 Å². The first-order chi connectivity index (χ1) is 8.83. The van der Waals surface area contributed by atoms with Crippen molar-refractivity contribution < 1.29 is 0 Å². The third-order valence-electron chi connectivity index (χ3n) is 3.90. The van der Waals surface area contributed by atoms with Gasteiger partial charge in [-0.05, 0) is 42.4 Å². The number of hydrogen-bond donors (Lipinski definition) is 0. The zero-order valence-electron chi connectivity index (χ0n) is 12.6. The van der Waals surface area contributed by atoms with Crippen molar-refractivity contribution >= 4 is 0 Å². The zero-order chi connectivity index (χ0) is 13.2. The predicted molar refractivity (Wildman–Crippen MR) is 82.3 cm³/mol. The normalized spacial score (nSPS) is 10.8. The van der Waals surface area contributed by atoms with E-state index in [0.29, 0.717) is 0 Å². The van der Waals surface area contributed by atoms with Gasteiger partial charge in [0.1, 0.15) is 0 Å². The number of benzene rings is 1. The number of rotatable bonds is 9. The standard InChI is InChI=1S/C18H30/c1-4-7-8-9-10-11-13-17-15-12-14-16(5-2)18(17)6-3/h12,14-15H,4-11,13H2,1-3H3. The van der Waals surface area contributed by atoms with Crippen molar-refractivity contribution in [1.82, 2.24) is 0 Å². The van der Waals surface area contributed by atoms with Crippen LogP contribution in [0.5, 0.6) is 0 Å². The van der Waals surface area contributed by atoms with Crippen molar-refractivity contribution in [1.29, 1.82) is 0 Å². The van der Waals surface area contributed by atoms with Crippen molar-refractivity contribution in [3.8, 4) is 0 Å². The lowest BCUT2D eigenvalue weighted by molar-refractivity contribution is 0.606. The molecule has 0 unspecified atom stereocenters. The molecule has 0 nitrogen and oxygen atoms in total. The predicted octanol–water partition coefficient (Wildman–Crippen LogP) is 5.71. The Labute approximate surface area is 114 Å². The number of unbranched alkanes of at least 4 members (excludes halogenated alkanes) is 5. The summed E-state index contributed by atoms with van der Waals surface area (Å²) >= 11 is 0. The van der Waals surface area contributed by atoms with Crippen LogP contribution in [0.15, 0.2) is 18.2 Å². The van der Waals surface area contributed by atoms with Gasteiger partial charge in [0.15, 0.2) is 0 Å². The molecule has 0 atom stereocenters. The Hall–Kier alpha value is -0.780. The van der Waals surface area contributed by atoms with Gasteiger partial charge in [-0.15, -0.1) is 0 Å². The maximum absolute atomic E-state index is 2.34. The second-order valence-electron chi connectivity index (χ2n) is 5.28. The first kappa shape index (κ1) is 15.3. The third-order valence-corrected chi connectivity index (χ3v) is 3.90. The molecule has 0 aliphatic heterocycles. The molecule has 0 saturated heterocycles. The molecule has 0 heterocycles. The Bertz CT molecular complexity index is 325. The summed E-state index contributed by atoms with van der Waals surface area (Å²) < 4.78 is 0. The van der Waals surface area contributed by atoms with Crippen LogP contribution in [0.2, 0.25) is 0 Å². The van der Waals surface area contributed by atoms with Gasteiger partial charge in [-0.25, -0.2) is 0 Å². The molecule has 0 radical (unpaired) electrons. The Morgan fingerprint density at radius 1 is 0.722 bits per heavy atom. The fourth-order valence-corrected chi connectivity index (χ4v) is 2.80. The van der Waals surface area contributed by atoms with Gasteiger partial charge >= 0.3 is 0 Å². The summed E-state index contributed by atoms with van der Waals surface area (Å²) in [4.78, 5) is 0. The van der Waals surface area contributed by atoms with E-state index in [0.717, 1.165) is 0 Å². The monoisotopic (exact) mass is 246 g/mol. The maximum atomic E-state index is 2.34. The van der Waals surface area contributed by atoms with E-state index in [9.17, 15) is 0 Å². The van der Waals surface area contributed by atoms with Crippen molar-refractivity contribution in [2.75, 3.05) is 0 Å². The molecule has 0 fully saturated rings. The molecule has 0 aliphatic carbocycles. The molecular formula is C18H30. The highest BCUT2D eigenvalue weighted by Gasteiger charge is 2.04. The van der Waals surface area contributed by atoms with Crippen LogP contribution < -0.4 is 0 Å². The molecule has 0 aliphatic rings.